The third-order valence-corrected chi connectivity index (χ3v) is 7.84. The summed E-state index contributed by atoms with van der Waals surface area (Å²) >= 11 is 0. The summed E-state index contributed by atoms with van der Waals surface area (Å²) in [6, 6.07) is 3.64. The van der Waals surface area contributed by atoms with Gasteiger partial charge in [-0.2, -0.15) is 0 Å². The van der Waals surface area contributed by atoms with E-state index in [0.29, 0.717) is 43.2 Å². The molecule has 2 atom stereocenters. The summed E-state index contributed by atoms with van der Waals surface area (Å²) in [6.45, 7) is 17.0. The topological polar surface area (TPSA) is 105 Å². The Hall–Kier alpha value is -2.81. The van der Waals surface area contributed by atoms with Gasteiger partial charge in [-0.25, -0.2) is 4.79 Å². The van der Waals surface area contributed by atoms with Crippen molar-refractivity contribution < 1.29 is 23.9 Å². The Morgan fingerprint density at radius 2 is 1.95 bits per heavy atom. The molecule has 2 N–H and O–H groups in total. The minimum Gasteiger partial charge on any atom is -0.476 e. The molecule has 210 valence electrons. The van der Waals surface area contributed by atoms with Crippen molar-refractivity contribution in [2.45, 2.75) is 97.9 Å². The van der Waals surface area contributed by atoms with Crippen LogP contribution in [0.1, 0.15) is 83.7 Å². The second kappa shape index (κ2) is 9.74. The number of rotatable bonds is 5. The summed E-state index contributed by atoms with van der Waals surface area (Å²) < 4.78 is 11.7. The molecular weight excluding hydrogens is 484 g/mol. The summed E-state index contributed by atoms with van der Waals surface area (Å²) in [5.41, 5.74) is 6.08. The van der Waals surface area contributed by atoms with E-state index in [4.69, 9.17) is 15.2 Å². The van der Waals surface area contributed by atoms with E-state index in [1.165, 1.54) is 0 Å². The van der Waals surface area contributed by atoms with Crippen molar-refractivity contribution in [1.82, 2.24) is 9.80 Å². The number of piperidine rings is 1. The van der Waals surface area contributed by atoms with Gasteiger partial charge in [0.1, 0.15) is 11.4 Å². The molecule has 1 aromatic rings. The maximum atomic E-state index is 14.1. The molecule has 1 spiro atoms. The number of aryl methyl sites for hydroxylation is 1. The van der Waals surface area contributed by atoms with E-state index in [2.05, 4.69) is 0 Å². The lowest BCUT2D eigenvalue weighted by Crippen LogP contribution is -2.53. The Morgan fingerprint density at radius 1 is 1.26 bits per heavy atom. The molecule has 1 saturated carbocycles. The van der Waals surface area contributed by atoms with Gasteiger partial charge in [0.05, 0.1) is 5.69 Å². The molecule has 9 heteroatoms. The fourth-order valence-corrected chi connectivity index (χ4v) is 5.97. The minimum absolute atomic E-state index is 0.0313. The van der Waals surface area contributed by atoms with Crippen LogP contribution < -0.4 is 15.4 Å². The molecule has 2 heterocycles. The first kappa shape index (κ1) is 28.2. The number of hydrogen-bond donors (Lipinski definition) is 1. The fourth-order valence-electron chi connectivity index (χ4n) is 5.97. The van der Waals surface area contributed by atoms with Crippen LogP contribution in [0.2, 0.25) is 0 Å². The predicted molar refractivity (Wildman–Crippen MR) is 146 cm³/mol. The third kappa shape index (κ3) is 5.22. The fraction of sp³-hybridized carbons (Fsp3) is 0.690. The Kier molecular flexibility index (Phi) is 7.23. The first-order chi connectivity index (χ1) is 17.6. The van der Waals surface area contributed by atoms with E-state index >= 15 is 0 Å². The third-order valence-electron chi connectivity index (χ3n) is 7.84. The van der Waals surface area contributed by atoms with Gasteiger partial charge in [0, 0.05) is 49.2 Å². The second-order valence-electron chi connectivity index (χ2n) is 12.9. The Labute approximate surface area is 226 Å². The number of hydrogen-bond acceptors (Lipinski definition) is 6. The number of ether oxygens (including phenoxy) is 2. The van der Waals surface area contributed by atoms with Crippen LogP contribution in [0.3, 0.4) is 0 Å². The van der Waals surface area contributed by atoms with Crippen LogP contribution in [-0.4, -0.2) is 77.2 Å². The van der Waals surface area contributed by atoms with Gasteiger partial charge < -0.3 is 29.9 Å². The van der Waals surface area contributed by atoms with Crippen LogP contribution >= 0.6 is 0 Å². The minimum atomic E-state index is -1.01. The molecule has 0 aromatic heterocycles. The van der Waals surface area contributed by atoms with Gasteiger partial charge >= 0.3 is 6.09 Å². The maximum Gasteiger partial charge on any atom is 0.410 e. The number of amides is 3. The molecule has 0 bridgehead atoms. The lowest BCUT2D eigenvalue weighted by Gasteiger charge is -2.39. The number of anilines is 1. The highest BCUT2D eigenvalue weighted by Gasteiger charge is 2.60. The summed E-state index contributed by atoms with van der Waals surface area (Å²) in [6.07, 6.45) is 2.42. The first-order valence-corrected chi connectivity index (χ1v) is 13.8. The number of fused-ring (bicyclic) bond motifs is 1. The van der Waals surface area contributed by atoms with Crippen molar-refractivity contribution in [3.8, 4) is 5.75 Å². The van der Waals surface area contributed by atoms with Crippen molar-refractivity contribution in [2.24, 2.45) is 11.1 Å². The first-order valence-electron chi connectivity index (χ1n) is 13.8. The maximum absolute atomic E-state index is 14.1. The molecule has 2 aliphatic heterocycles. The summed E-state index contributed by atoms with van der Waals surface area (Å²) in [5.74, 6) is 0.335. The molecule has 3 aliphatic rings. The highest BCUT2D eigenvalue weighted by atomic mass is 16.6. The van der Waals surface area contributed by atoms with Gasteiger partial charge in [0.25, 0.3) is 11.8 Å². The zero-order valence-electron chi connectivity index (χ0n) is 24.2. The smallest absolute Gasteiger partial charge is 0.410 e. The van der Waals surface area contributed by atoms with Crippen molar-refractivity contribution in [2.75, 3.05) is 31.1 Å². The van der Waals surface area contributed by atoms with E-state index in [1.807, 2.05) is 52.5 Å². The average Bonchev–Trinajstić information content (AvgIpc) is 3.46. The number of carbonyl (C=O) groups is 3. The van der Waals surface area contributed by atoms with Gasteiger partial charge in [-0.05, 0) is 92.3 Å². The monoisotopic (exact) mass is 528 g/mol. The molecule has 1 saturated heterocycles. The molecule has 4 rings (SSSR count). The van der Waals surface area contributed by atoms with E-state index in [-0.39, 0.29) is 35.4 Å². The van der Waals surface area contributed by atoms with Crippen LogP contribution in [0.5, 0.6) is 5.75 Å². The summed E-state index contributed by atoms with van der Waals surface area (Å²) in [5, 5.41) is 0. The lowest BCUT2D eigenvalue weighted by atomic mass is 9.93. The van der Waals surface area contributed by atoms with Crippen molar-refractivity contribution in [3.63, 3.8) is 0 Å². The molecule has 9 nitrogen and oxygen atoms in total. The van der Waals surface area contributed by atoms with Crippen LogP contribution in [0.25, 0.3) is 0 Å². The van der Waals surface area contributed by atoms with Gasteiger partial charge in [-0.3, -0.25) is 9.59 Å². The van der Waals surface area contributed by atoms with Crippen LogP contribution in [0.4, 0.5) is 10.5 Å². The molecular formula is C29H44N4O5. The largest absolute Gasteiger partial charge is 0.476 e. The van der Waals surface area contributed by atoms with Gasteiger partial charge in [-0.15, -0.1) is 0 Å². The van der Waals surface area contributed by atoms with Crippen LogP contribution in [-0.2, 0) is 9.53 Å². The molecule has 1 aliphatic carbocycles. The Bertz CT molecular complexity index is 1120. The zero-order chi connectivity index (χ0) is 28.2. The van der Waals surface area contributed by atoms with E-state index in [0.717, 1.165) is 24.8 Å². The highest BCUT2D eigenvalue weighted by molar-refractivity contribution is 6.05. The second-order valence-corrected chi connectivity index (χ2v) is 12.9. The molecule has 2 fully saturated rings. The Balaban J connectivity index is 1.61. The van der Waals surface area contributed by atoms with Crippen molar-refractivity contribution >= 4 is 23.6 Å². The molecule has 1 aromatic carbocycles. The normalized spacial score (nSPS) is 24.3. The van der Waals surface area contributed by atoms with Gasteiger partial charge in [0.15, 0.2) is 5.60 Å². The molecule has 3 amide bonds. The standard InChI is InChI=1S/C29H44N4O5/c1-18(2)33(23-16-29(23)10-9-12-31(17-29)26(36)38-27(4,5)6)24(34)20-15-21-22(14-19(20)3)37-28(7,8)25(35)32(21)13-11-30/h14-15,18,23H,9-13,16-17,30H2,1-8H3/t23-,29+/m0/s1. The van der Waals surface area contributed by atoms with Crippen molar-refractivity contribution in [1.29, 1.82) is 0 Å². The number of nitrogens with zero attached hydrogens (tertiary/aromatic N) is 3. The van der Waals surface area contributed by atoms with E-state index < -0.39 is 11.2 Å². The highest BCUT2D eigenvalue weighted by Crippen LogP contribution is 2.56. The Morgan fingerprint density at radius 3 is 2.55 bits per heavy atom. The zero-order valence-corrected chi connectivity index (χ0v) is 24.2. The number of benzene rings is 1. The van der Waals surface area contributed by atoms with E-state index in [9.17, 15) is 14.4 Å². The van der Waals surface area contributed by atoms with Crippen LogP contribution in [0.15, 0.2) is 12.1 Å². The summed E-state index contributed by atoms with van der Waals surface area (Å²) in [7, 11) is 0. The number of likely N-dealkylation sites (tertiary alicyclic amines) is 1. The van der Waals surface area contributed by atoms with E-state index in [1.54, 1.807) is 29.7 Å². The molecule has 0 unspecified atom stereocenters. The summed E-state index contributed by atoms with van der Waals surface area (Å²) in [4.78, 5) is 45.4. The number of nitrogens with two attached hydrogens (primary N) is 1. The lowest BCUT2D eigenvalue weighted by molar-refractivity contribution is -0.132. The van der Waals surface area contributed by atoms with Gasteiger partial charge in [-0.1, -0.05) is 0 Å². The number of carbonyl (C=O) groups excluding carboxylic acids is 3. The predicted octanol–water partition coefficient (Wildman–Crippen LogP) is 4.10. The average molecular weight is 529 g/mol. The molecule has 0 radical (unpaired) electrons. The van der Waals surface area contributed by atoms with Crippen LogP contribution in [0, 0.1) is 12.3 Å². The SMILES string of the molecule is Cc1cc2c(cc1C(=O)N(C(C)C)[C@H]1C[C@@]13CCCN(C(=O)OC(C)(C)C)C3)N(CCN)C(=O)C(C)(C)O2. The van der Waals surface area contributed by atoms with Gasteiger partial charge in [0.2, 0.25) is 0 Å². The quantitative estimate of drug-likeness (QED) is 0.617. The van der Waals surface area contributed by atoms with Crippen molar-refractivity contribution in [3.05, 3.63) is 23.3 Å². The molecule has 38 heavy (non-hydrogen) atoms.